The molecule has 0 amide bonds. The number of ether oxygens (including phenoxy) is 1. The first-order valence-electron chi connectivity index (χ1n) is 4.85. The summed E-state index contributed by atoms with van der Waals surface area (Å²) in [6.45, 7) is 0. The second-order valence-corrected chi connectivity index (χ2v) is 4.65. The number of aromatic amines is 1. The standard InChI is InChI=1S/C11H8BrClN2O3/c1-18-7-3-2-5(4-6(7)12)9-8(13)10(11(16)17)15-14-9/h2-4H,1H3,(H,14,15)(H,16,17). The van der Waals surface area contributed by atoms with Crippen LogP contribution in [0.25, 0.3) is 11.3 Å². The zero-order chi connectivity index (χ0) is 13.3. The molecule has 1 aromatic carbocycles. The highest BCUT2D eigenvalue weighted by Gasteiger charge is 2.18. The lowest BCUT2D eigenvalue weighted by atomic mass is 10.1. The molecule has 1 aromatic heterocycles. The Hall–Kier alpha value is -1.53. The number of rotatable bonds is 3. The van der Waals surface area contributed by atoms with E-state index in [1.807, 2.05) is 0 Å². The summed E-state index contributed by atoms with van der Waals surface area (Å²) in [5, 5.41) is 15.3. The van der Waals surface area contributed by atoms with Crippen LogP contribution in [0.3, 0.4) is 0 Å². The largest absolute Gasteiger partial charge is 0.496 e. The van der Waals surface area contributed by atoms with Gasteiger partial charge in [-0.05, 0) is 34.1 Å². The topological polar surface area (TPSA) is 75.2 Å². The van der Waals surface area contributed by atoms with Crippen LogP contribution in [0.4, 0.5) is 0 Å². The molecule has 18 heavy (non-hydrogen) atoms. The predicted octanol–water partition coefficient (Wildman–Crippen LogP) is 3.20. The van der Waals surface area contributed by atoms with Gasteiger partial charge in [-0.25, -0.2) is 4.79 Å². The van der Waals surface area contributed by atoms with Gasteiger partial charge >= 0.3 is 5.97 Å². The molecule has 5 nitrogen and oxygen atoms in total. The number of aromatic carboxylic acids is 1. The number of methoxy groups -OCH3 is 1. The fourth-order valence-corrected chi connectivity index (χ4v) is 2.29. The Morgan fingerprint density at radius 1 is 1.56 bits per heavy atom. The number of benzene rings is 1. The van der Waals surface area contributed by atoms with Crippen LogP contribution in [0.2, 0.25) is 5.02 Å². The maximum Gasteiger partial charge on any atom is 0.355 e. The highest BCUT2D eigenvalue weighted by atomic mass is 79.9. The van der Waals surface area contributed by atoms with Crippen LogP contribution in [-0.4, -0.2) is 28.4 Å². The molecular formula is C11H8BrClN2O3. The normalized spacial score (nSPS) is 10.4. The first-order valence-corrected chi connectivity index (χ1v) is 6.02. The maximum atomic E-state index is 10.8. The van der Waals surface area contributed by atoms with Gasteiger partial charge < -0.3 is 9.84 Å². The van der Waals surface area contributed by atoms with E-state index in [0.29, 0.717) is 17.0 Å². The van der Waals surface area contributed by atoms with Crippen LogP contribution in [-0.2, 0) is 0 Å². The van der Waals surface area contributed by atoms with Crippen molar-refractivity contribution in [3.63, 3.8) is 0 Å². The number of H-pyrrole nitrogens is 1. The predicted molar refractivity (Wildman–Crippen MR) is 70.2 cm³/mol. The van der Waals surface area contributed by atoms with Gasteiger partial charge in [0.15, 0.2) is 5.69 Å². The third kappa shape index (κ3) is 2.21. The smallest absolute Gasteiger partial charge is 0.355 e. The van der Waals surface area contributed by atoms with Crippen molar-refractivity contribution in [1.82, 2.24) is 10.2 Å². The molecule has 0 saturated heterocycles. The van der Waals surface area contributed by atoms with Crippen molar-refractivity contribution in [2.75, 3.05) is 7.11 Å². The summed E-state index contributed by atoms with van der Waals surface area (Å²) in [4.78, 5) is 10.8. The molecule has 1 heterocycles. The molecule has 94 valence electrons. The zero-order valence-corrected chi connectivity index (χ0v) is 11.5. The summed E-state index contributed by atoms with van der Waals surface area (Å²) < 4.78 is 5.84. The lowest BCUT2D eigenvalue weighted by Gasteiger charge is -2.04. The third-order valence-corrected chi connectivity index (χ3v) is 3.33. The Morgan fingerprint density at radius 2 is 2.28 bits per heavy atom. The first kappa shape index (κ1) is 12.9. The van der Waals surface area contributed by atoms with E-state index in [4.69, 9.17) is 21.4 Å². The van der Waals surface area contributed by atoms with E-state index in [-0.39, 0.29) is 10.7 Å². The fourth-order valence-electron chi connectivity index (χ4n) is 1.48. The number of aromatic nitrogens is 2. The molecule has 0 atom stereocenters. The molecule has 0 fully saturated rings. The van der Waals surface area contributed by atoms with Crippen molar-refractivity contribution >= 4 is 33.5 Å². The quantitative estimate of drug-likeness (QED) is 0.905. The highest BCUT2D eigenvalue weighted by Crippen LogP contribution is 2.33. The molecule has 2 N–H and O–H groups in total. The van der Waals surface area contributed by atoms with Crippen LogP contribution in [0.15, 0.2) is 22.7 Å². The molecule has 0 spiro atoms. The number of nitrogens with zero attached hydrogens (tertiary/aromatic N) is 1. The number of halogens is 2. The van der Waals surface area contributed by atoms with E-state index in [1.54, 1.807) is 25.3 Å². The summed E-state index contributed by atoms with van der Waals surface area (Å²) in [6.07, 6.45) is 0. The molecule has 7 heteroatoms. The Morgan fingerprint density at radius 3 is 2.78 bits per heavy atom. The minimum Gasteiger partial charge on any atom is -0.496 e. The summed E-state index contributed by atoms with van der Waals surface area (Å²) in [6, 6.07) is 5.24. The van der Waals surface area contributed by atoms with Crippen molar-refractivity contribution < 1.29 is 14.6 Å². The summed E-state index contributed by atoms with van der Waals surface area (Å²) in [7, 11) is 1.56. The van der Waals surface area contributed by atoms with Gasteiger partial charge in [-0.3, -0.25) is 5.10 Å². The summed E-state index contributed by atoms with van der Waals surface area (Å²) >= 11 is 9.30. The van der Waals surface area contributed by atoms with Gasteiger partial charge in [0.05, 0.1) is 11.6 Å². The number of carboxylic acid groups (broad SMARTS) is 1. The number of carbonyl (C=O) groups is 1. The van der Waals surface area contributed by atoms with Crippen molar-refractivity contribution in [3.8, 4) is 17.0 Å². The SMILES string of the molecule is COc1ccc(-c2n[nH]c(C(=O)O)c2Cl)cc1Br. The van der Waals surface area contributed by atoms with E-state index in [2.05, 4.69) is 26.1 Å². The van der Waals surface area contributed by atoms with Gasteiger partial charge in [-0.15, -0.1) is 0 Å². The Kier molecular flexibility index (Phi) is 3.58. The van der Waals surface area contributed by atoms with E-state index in [9.17, 15) is 4.79 Å². The van der Waals surface area contributed by atoms with Crippen molar-refractivity contribution in [2.24, 2.45) is 0 Å². The van der Waals surface area contributed by atoms with Gasteiger partial charge in [0.25, 0.3) is 0 Å². The second-order valence-electron chi connectivity index (χ2n) is 3.42. The Labute approximate surface area is 116 Å². The summed E-state index contributed by atoms with van der Waals surface area (Å²) in [5.41, 5.74) is 0.951. The van der Waals surface area contributed by atoms with Crippen molar-refractivity contribution in [3.05, 3.63) is 33.4 Å². The van der Waals surface area contributed by atoms with Gasteiger partial charge in [-0.2, -0.15) is 5.10 Å². The van der Waals surface area contributed by atoms with Gasteiger partial charge in [0.2, 0.25) is 0 Å². The monoisotopic (exact) mass is 330 g/mol. The van der Waals surface area contributed by atoms with Crippen molar-refractivity contribution in [2.45, 2.75) is 0 Å². The average molecular weight is 332 g/mol. The maximum absolute atomic E-state index is 10.8. The van der Waals surface area contributed by atoms with Crippen molar-refractivity contribution in [1.29, 1.82) is 0 Å². The molecule has 2 rings (SSSR count). The molecule has 0 aliphatic carbocycles. The second kappa shape index (κ2) is 4.99. The minimum absolute atomic E-state index is 0.0829. The number of carboxylic acids is 1. The van der Waals surface area contributed by atoms with E-state index >= 15 is 0 Å². The van der Waals surface area contributed by atoms with Crippen LogP contribution in [0, 0.1) is 0 Å². The molecule has 0 radical (unpaired) electrons. The van der Waals surface area contributed by atoms with E-state index < -0.39 is 5.97 Å². The Balaban J connectivity index is 2.49. The molecule has 0 saturated carbocycles. The lowest BCUT2D eigenvalue weighted by Crippen LogP contribution is -1.96. The van der Waals surface area contributed by atoms with Gasteiger partial charge in [0.1, 0.15) is 16.5 Å². The average Bonchev–Trinajstić information content (AvgIpc) is 2.71. The molecule has 2 aromatic rings. The lowest BCUT2D eigenvalue weighted by molar-refractivity contribution is 0.0690. The minimum atomic E-state index is -1.15. The summed E-state index contributed by atoms with van der Waals surface area (Å²) in [5.74, 6) is -0.477. The zero-order valence-electron chi connectivity index (χ0n) is 9.20. The molecule has 0 unspecified atom stereocenters. The molecule has 0 aliphatic rings. The van der Waals surface area contributed by atoms with E-state index in [1.165, 1.54) is 0 Å². The highest BCUT2D eigenvalue weighted by molar-refractivity contribution is 9.10. The van der Waals surface area contributed by atoms with Crippen LogP contribution >= 0.6 is 27.5 Å². The molecular weight excluding hydrogens is 323 g/mol. The van der Waals surface area contributed by atoms with Gasteiger partial charge in [0, 0.05) is 5.56 Å². The third-order valence-electron chi connectivity index (χ3n) is 2.35. The van der Waals surface area contributed by atoms with Gasteiger partial charge in [-0.1, -0.05) is 11.6 Å². The number of hydrogen-bond donors (Lipinski definition) is 2. The van der Waals surface area contributed by atoms with E-state index in [0.717, 1.165) is 4.47 Å². The first-order chi connectivity index (χ1) is 8.54. The Bertz CT molecular complexity index is 612. The van der Waals surface area contributed by atoms with Crippen LogP contribution < -0.4 is 4.74 Å². The molecule has 0 bridgehead atoms. The number of nitrogens with one attached hydrogen (secondary N) is 1. The molecule has 0 aliphatic heterocycles. The number of hydrogen-bond acceptors (Lipinski definition) is 3. The van der Waals surface area contributed by atoms with Crippen LogP contribution in [0.5, 0.6) is 5.75 Å². The van der Waals surface area contributed by atoms with Crippen LogP contribution in [0.1, 0.15) is 10.5 Å². The fraction of sp³-hybridized carbons (Fsp3) is 0.0909.